The van der Waals surface area contributed by atoms with Crippen molar-refractivity contribution in [3.05, 3.63) is 68.8 Å². The maximum Gasteiger partial charge on any atom is 0.434 e. The summed E-state index contributed by atoms with van der Waals surface area (Å²) < 4.78 is 40.0. The zero-order valence-electron chi connectivity index (χ0n) is 13.2. The van der Waals surface area contributed by atoms with Gasteiger partial charge in [0.25, 0.3) is 0 Å². The van der Waals surface area contributed by atoms with E-state index in [9.17, 15) is 13.2 Å². The van der Waals surface area contributed by atoms with Crippen LogP contribution < -0.4 is 5.43 Å². The first-order valence-corrected chi connectivity index (χ1v) is 9.27. The van der Waals surface area contributed by atoms with Crippen LogP contribution in [0.2, 0.25) is 15.1 Å². The predicted octanol–water partition coefficient (Wildman–Crippen LogP) is 7.24. The van der Waals surface area contributed by atoms with Crippen molar-refractivity contribution < 1.29 is 13.2 Å². The molecule has 3 nitrogen and oxygen atoms in total. The zero-order chi connectivity index (χ0) is 19.6. The summed E-state index contributed by atoms with van der Waals surface area (Å²) >= 11 is 18.5. The second kappa shape index (κ2) is 8.06. The molecule has 0 aliphatic carbocycles. The number of nitrogens with one attached hydrogen (secondary N) is 1. The fourth-order valence-corrected chi connectivity index (χ4v) is 3.64. The molecule has 10 heteroatoms. The molecule has 3 rings (SSSR count). The van der Waals surface area contributed by atoms with E-state index >= 15 is 0 Å². The number of halogens is 6. The summed E-state index contributed by atoms with van der Waals surface area (Å²) in [6.07, 6.45) is -3.23. The van der Waals surface area contributed by atoms with Gasteiger partial charge in [0.1, 0.15) is 0 Å². The lowest BCUT2D eigenvalue weighted by atomic mass is 10.1. The van der Waals surface area contributed by atoms with Gasteiger partial charge in [-0.15, -0.1) is 0 Å². The minimum absolute atomic E-state index is 0.00592. The van der Waals surface area contributed by atoms with Crippen LogP contribution in [0.4, 0.5) is 18.3 Å². The number of benzene rings is 2. The number of rotatable bonds is 4. The standard InChI is InChI=1S/C17H9Cl3F3N3S/c18-11-4-1-9(2-5-11)14-15(17(21,22)23)25-16(27-14)26-24-8-10-3-6-12(19)7-13(10)20/h1-8H,(H,25,26). The topological polar surface area (TPSA) is 37.3 Å². The van der Waals surface area contributed by atoms with Crippen LogP contribution >= 0.6 is 46.1 Å². The molecular weight excluding hydrogens is 442 g/mol. The lowest BCUT2D eigenvalue weighted by molar-refractivity contribution is -0.140. The molecule has 1 aromatic heterocycles. The van der Waals surface area contributed by atoms with E-state index in [-0.39, 0.29) is 10.0 Å². The quantitative estimate of drug-likeness (QED) is 0.336. The van der Waals surface area contributed by atoms with E-state index in [2.05, 4.69) is 15.5 Å². The molecule has 1 N–H and O–H groups in total. The Hall–Kier alpha value is -1.80. The van der Waals surface area contributed by atoms with E-state index < -0.39 is 11.9 Å². The smallest absolute Gasteiger partial charge is 0.253 e. The number of alkyl halides is 3. The van der Waals surface area contributed by atoms with Gasteiger partial charge in [0.05, 0.1) is 16.1 Å². The molecule has 2 aromatic carbocycles. The van der Waals surface area contributed by atoms with E-state index in [4.69, 9.17) is 34.8 Å². The summed E-state index contributed by atoms with van der Waals surface area (Å²) in [4.78, 5) is 3.60. The SMILES string of the molecule is FC(F)(F)c1nc(NN=Cc2ccc(Cl)cc2Cl)sc1-c1ccc(Cl)cc1. The lowest BCUT2D eigenvalue weighted by Gasteiger charge is -2.05. The third-order valence-electron chi connectivity index (χ3n) is 3.33. The van der Waals surface area contributed by atoms with Gasteiger partial charge >= 0.3 is 6.18 Å². The van der Waals surface area contributed by atoms with E-state index in [1.54, 1.807) is 12.1 Å². The van der Waals surface area contributed by atoms with Crippen LogP contribution in [0.25, 0.3) is 10.4 Å². The Labute approximate surface area is 171 Å². The molecule has 0 amide bonds. The van der Waals surface area contributed by atoms with Gasteiger partial charge in [-0.3, -0.25) is 5.43 Å². The molecule has 0 aliphatic heterocycles. The highest BCUT2D eigenvalue weighted by Crippen LogP contribution is 2.42. The van der Waals surface area contributed by atoms with Gasteiger partial charge in [-0.1, -0.05) is 64.3 Å². The highest BCUT2D eigenvalue weighted by molar-refractivity contribution is 7.19. The minimum atomic E-state index is -4.60. The number of hydrogen-bond donors (Lipinski definition) is 1. The van der Waals surface area contributed by atoms with Crippen LogP contribution in [0.3, 0.4) is 0 Å². The van der Waals surface area contributed by atoms with Crippen LogP contribution in [-0.2, 0) is 6.18 Å². The van der Waals surface area contributed by atoms with Crippen LogP contribution in [0, 0.1) is 0 Å². The Morgan fingerprint density at radius 2 is 1.67 bits per heavy atom. The van der Waals surface area contributed by atoms with Crippen LogP contribution in [0.15, 0.2) is 47.6 Å². The summed E-state index contributed by atoms with van der Waals surface area (Å²) in [5.74, 6) is 0. The number of anilines is 1. The average molecular weight is 451 g/mol. The molecule has 1 heterocycles. The molecule has 0 radical (unpaired) electrons. The van der Waals surface area contributed by atoms with Crippen molar-refractivity contribution in [3.8, 4) is 10.4 Å². The van der Waals surface area contributed by atoms with E-state index in [0.717, 1.165) is 11.3 Å². The van der Waals surface area contributed by atoms with Crippen molar-refractivity contribution in [3.63, 3.8) is 0 Å². The van der Waals surface area contributed by atoms with Gasteiger partial charge in [-0.05, 0) is 29.8 Å². The van der Waals surface area contributed by atoms with Gasteiger partial charge < -0.3 is 0 Å². The van der Waals surface area contributed by atoms with E-state index in [1.165, 1.54) is 36.5 Å². The molecule has 140 valence electrons. The number of nitrogens with zero attached hydrogens (tertiary/aromatic N) is 2. The molecule has 27 heavy (non-hydrogen) atoms. The second-order valence-electron chi connectivity index (χ2n) is 5.24. The summed E-state index contributed by atoms with van der Waals surface area (Å²) in [5.41, 5.74) is 2.44. The van der Waals surface area contributed by atoms with Crippen LogP contribution in [0.1, 0.15) is 11.3 Å². The zero-order valence-corrected chi connectivity index (χ0v) is 16.3. The average Bonchev–Trinajstić information content (AvgIpc) is 3.02. The van der Waals surface area contributed by atoms with Gasteiger partial charge in [-0.25, -0.2) is 4.98 Å². The fourth-order valence-electron chi connectivity index (χ4n) is 2.12. The molecule has 3 aromatic rings. The molecule has 0 atom stereocenters. The third-order valence-corrected chi connectivity index (χ3v) is 5.15. The van der Waals surface area contributed by atoms with E-state index in [1.807, 2.05) is 0 Å². The van der Waals surface area contributed by atoms with Crippen LogP contribution in [-0.4, -0.2) is 11.2 Å². The predicted molar refractivity (Wildman–Crippen MR) is 105 cm³/mol. The molecule has 0 fully saturated rings. The van der Waals surface area contributed by atoms with Crippen molar-refractivity contribution in [2.24, 2.45) is 5.10 Å². The van der Waals surface area contributed by atoms with Gasteiger partial charge in [0.15, 0.2) is 5.69 Å². The molecule has 0 saturated carbocycles. The largest absolute Gasteiger partial charge is 0.434 e. The molecular formula is C17H9Cl3F3N3S. The molecule has 0 spiro atoms. The van der Waals surface area contributed by atoms with Gasteiger partial charge in [-0.2, -0.15) is 18.3 Å². The number of hydrogen-bond acceptors (Lipinski definition) is 4. The first kappa shape index (κ1) is 19.9. The summed E-state index contributed by atoms with van der Waals surface area (Å²) in [5, 5.41) is 5.16. The van der Waals surface area contributed by atoms with Crippen LogP contribution in [0.5, 0.6) is 0 Å². The molecule has 0 bridgehead atoms. The van der Waals surface area contributed by atoms with Crippen molar-refractivity contribution in [1.29, 1.82) is 0 Å². The molecule has 0 aliphatic rings. The summed E-state index contributed by atoms with van der Waals surface area (Å²) in [6, 6.07) is 10.8. The highest BCUT2D eigenvalue weighted by atomic mass is 35.5. The Morgan fingerprint density at radius 3 is 2.30 bits per heavy atom. The Balaban J connectivity index is 1.88. The first-order valence-electron chi connectivity index (χ1n) is 7.32. The Kier molecular flexibility index (Phi) is 5.95. The summed E-state index contributed by atoms with van der Waals surface area (Å²) in [7, 11) is 0. The Morgan fingerprint density at radius 1 is 1.00 bits per heavy atom. The van der Waals surface area contributed by atoms with Crippen molar-refractivity contribution in [1.82, 2.24) is 4.98 Å². The minimum Gasteiger partial charge on any atom is -0.253 e. The molecule has 0 unspecified atom stereocenters. The van der Waals surface area contributed by atoms with Crippen molar-refractivity contribution in [2.45, 2.75) is 6.18 Å². The third kappa shape index (κ3) is 4.93. The first-order chi connectivity index (χ1) is 12.7. The normalized spacial score (nSPS) is 11.9. The Bertz CT molecular complexity index is 985. The van der Waals surface area contributed by atoms with E-state index in [0.29, 0.717) is 26.2 Å². The maximum absolute atomic E-state index is 13.3. The number of aromatic nitrogens is 1. The van der Waals surface area contributed by atoms with Gasteiger partial charge in [0, 0.05) is 15.6 Å². The maximum atomic E-state index is 13.3. The molecule has 0 saturated heterocycles. The summed E-state index contributed by atoms with van der Waals surface area (Å²) in [6.45, 7) is 0. The fraction of sp³-hybridized carbons (Fsp3) is 0.0588. The van der Waals surface area contributed by atoms with Crippen molar-refractivity contribution in [2.75, 3.05) is 5.43 Å². The number of hydrazone groups is 1. The lowest BCUT2D eigenvalue weighted by Crippen LogP contribution is -2.07. The van der Waals surface area contributed by atoms with Gasteiger partial charge in [0.2, 0.25) is 5.13 Å². The number of thiazole rings is 1. The highest BCUT2D eigenvalue weighted by Gasteiger charge is 2.38. The van der Waals surface area contributed by atoms with Crippen molar-refractivity contribution >= 4 is 57.5 Å². The monoisotopic (exact) mass is 449 g/mol. The second-order valence-corrected chi connectivity index (χ2v) is 7.52.